The predicted molar refractivity (Wildman–Crippen MR) is 203 cm³/mol. The number of hydrogen-bond acceptors (Lipinski definition) is 8. The van der Waals surface area contributed by atoms with Crippen LogP contribution in [0.15, 0.2) is 12.2 Å². The lowest BCUT2D eigenvalue weighted by atomic mass is 9.88. The van der Waals surface area contributed by atoms with Gasteiger partial charge in [0.05, 0.1) is 24.9 Å². The summed E-state index contributed by atoms with van der Waals surface area (Å²) < 4.78 is 10.6. The summed E-state index contributed by atoms with van der Waals surface area (Å²) in [4.78, 5) is 24.5. The second-order valence-corrected chi connectivity index (χ2v) is 15.0. The van der Waals surface area contributed by atoms with Crippen molar-refractivity contribution in [2.45, 2.75) is 218 Å². The van der Waals surface area contributed by atoms with E-state index in [2.05, 4.69) is 13.8 Å². The third-order valence-corrected chi connectivity index (χ3v) is 10.4. The molecule has 0 aromatic heterocycles. The summed E-state index contributed by atoms with van der Waals surface area (Å²) >= 11 is 0. The van der Waals surface area contributed by atoms with Crippen LogP contribution in [0.2, 0.25) is 0 Å². The monoisotopic (exact) mass is 711 g/mol. The summed E-state index contributed by atoms with van der Waals surface area (Å²) in [6.45, 7) is 3.88. The normalized spacial score (nSPS) is 20.4. The Morgan fingerprint density at radius 1 is 0.660 bits per heavy atom. The van der Waals surface area contributed by atoms with E-state index in [1.807, 2.05) is 6.08 Å². The standard InChI is InChI=1S/C42H78O8/c1-3-5-7-8-9-10-11-12-13-14-15-16-17-18-19-24-28-41(47)49-34-36(33-43)50-42(48)29-25-21-20-23-27-37-38(40(46)32-39(37)45)31-30-35(44)26-22-6-4-2/h30-31,35-40,43-46H,3-29,32-34H2,1-2H3/b31-30+/t35-,36-,37+,38+,39-,40+/m0/s1. The zero-order valence-electron chi connectivity index (χ0n) is 32.3. The molecule has 294 valence electrons. The van der Waals surface area contributed by atoms with E-state index < -0.39 is 30.4 Å². The number of carbonyl (C=O) groups is 2. The molecule has 0 aliphatic heterocycles. The molecule has 0 radical (unpaired) electrons. The van der Waals surface area contributed by atoms with E-state index in [0.29, 0.717) is 25.7 Å². The van der Waals surface area contributed by atoms with Gasteiger partial charge in [-0.2, -0.15) is 0 Å². The zero-order chi connectivity index (χ0) is 36.7. The Morgan fingerprint density at radius 2 is 1.14 bits per heavy atom. The Labute approximate surface area is 306 Å². The molecule has 1 aliphatic carbocycles. The molecule has 1 aliphatic rings. The number of ether oxygens (including phenoxy) is 2. The third-order valence-electron chi connectivity index (χ3n) is 10.4. The number of aliphatic hydroxyl groups is 4. The van der Waals surface area contributed by atoms with Crippen molar-refractivity contribution in [1.82, 2.24) is 0 Å². The van der Waals surface area contributed by atoms with Gasteiger partial charge in [-0.15, -0.1) is 0 Å². The Hall–Kier alpha value is -1.48. The topological polar surface area (TPSA) is 134 Å². The first kappa shape index (κ1) is 46.5. The number of hydrogen-bond donors (Lipinski definition) is 4. The molecular formula is C42H78O8. The molecule has 4 N–H and O–H groups in total. The summed E-state index contributed by atoms with van der Waals surface area (Å²) in [5.74, 6) is -0.911. The highest BCUT2D eigenvalue weighted by Crippen LogP contribution is 2.37. The van der Waals surface area contributed by atoms with Crippen LogP contribution in [0.5, 0.6) is 0 Å². The quantitative estimate of drug-likeness (QED) is 0.0295. The van der Waals surface area contributed by atoms with E-state index >= 15 is 0 Å². The molecule has 1 rings (SSSR count). The first-order valence-corrected chi connectivity index (χ1v) is 21.0. The van der Waals surface area contributed by atoms with Crippen LogP contribution < -0.4 is 0 Å². The number of aliphatic hydroxyl groups excluding tert-OH is 4. The molecule has 1 fully saturated rings. The van der Waals surface area contributed by atoms with Crippen LogP contribution in [0, 0.1) is 11.8 Å². The molecule has 0 amide bonds. The van der Waals surface area contributed by atoms with Crippen LogP contribution in [0.25, 0.3) is 0 Å². The second-order valence-electron chi connectivity index (χ2n) is 15.0. The summed E-state index contributed by atoms with van der Waals surface area (Å²) in [5.41, 5.74) is 0. The maximum Gasteiger partial charge on any atom is 0.306 e. The minimum absolute atomic E-state index is 0.0360. The van der Waals surface area contributed by atoms with Gasteiger partial charge >= 0.3 is 11.9 Å². The van der Waals surface area contributed by atoms with Gasteiger partial charge in [-0.3, -0.25) is 9.59 Å². The molecule has 8 heteroatoms. The molecule has 0 unspecified atom stereocenters. The SMILES string of the molecule is CCCCCCCCCCCCCCCCCCC(=O)OC[C@H](CO)OC(=O)CCCCCC[C@@H]1[C@@H](/C=C/[C@@H](O)CCCCC)[C@H](O)C[C@@H]1O. The van der Waals surface area contributed by atoms with E-state index in [1.165, 1.54) is 83.5 Å². The minimum atomic E-state index is -0.845. The van der Waals surface area contributed by atoms with Crippen molar-refractivity contribution in [1.29, 1.82) is 0 Å². The van der Waals surface area contributed by atoms with Gasteiger partial charge in [-0.1, -0.05) is 161 Å². The average molecular weight is 711 g/mol. The van der Waals surface area contributed by atoms with Gasteiger partial charge < -0.3 is 29.9 Å². The molecule has 0 bridgehead atoms. The summed E-state index contributed by atoms with van der Waals surface area (Å²) in [7, 11) is 0. The highest BCUT2D eigenvalue weighted by Gasteiger charge is 2.39. The second kappa shape index (κ2) is 32.2. The first-order chi connectivity index (χ1) is 24.3. The molecule has 0 heterocycles. The average Bonchev–Trinajstić information content (AvgIpc) is 3.37. The number of unbranched alkanes of at least 4 members (excludes halogenated alkanes) is 20. The number of carbonyl (C=O) groups excluding carboxylic acids is 2. The van der Waals surface area contributed by atoms with Crippen LogP contribution in [0.1, 0.15) is 194 Å². The van der Waals surface area contributed by atoms with Crippen molar-refractivity contribution in [2.24, 2.45) is 11.8 Å². The van der Waals surface area contributed by atoms with Gasteiger partial charge in [0, 0.05) is 25.2 Å². The Balaban J connectivity index is 2.05. The Bertz CT molecular complexity index is 833. The van der Waals surface area contributed by atoms with E-state index in [4.69, 9.17) is 9.47 Å². The van der Waals surface area contributed by atoms with Gasteiger partial charge in [-0.05, 0) is 31.6 Å². The number of rotatable bonds is 34. The van der Waals surface area contributed by atoms with Gasteiger partial charge in [0.25, 0.3) is 0 Å². The Kier molecular flexibility index (Phi) is 30.0. The molecule has 8 nitrogen and oxygen atoms in total. The number of esters is 2. The molecule has 0 spiro atoms. The minimum Gasteiger partial charge on any atom is -0.462 e. The van der Waals surface area contributed by atoms with Crippen molar-refractivity contribution >= 4 is 11.9 Å². The van der Waals surface area contributed by atoms with Crippen LogP contribution in [0.4, 0.5) is 0 Å². The molecule has 0 aromatic rings. The highest BCUT2D eigenvalue weighted by atomic mass is 16.6. The van der Waals surface area contributed by atoms with Gasteiger partial charge in [-0.25, -0.2) is 0 Å². The lowest BCUT2D eigenvalue weighted by Crippen LogP contribution is -2.28. The van der Waals surface area contributed by atoms with Crippen molar-refractivity contribution in [3.63, 3.8) is 0 Å². The fraction of sp³-hybridized carbons (Fsp3) is 0.905. The van der Waals surface area contributed by atoms with E-state index in [1.54, 1.807) is 6.08 Å². The van der Waals surface area contributed by atoms with E-state index in [9.17, 15) is 30.0 Å². The van der Waals surface area contributed by atoms with E-state index in [-0.39, 0.29) is 37.4 Å². The molecule has 50 heavy (non-hydrogen) atoms. The van der Waals surface area contributed by atoms with E-state index in [0.717, 1.165) is 64.2 Å². The summed E-state index contributed by atoms with van der Waals surface area (Å²) in [6.07, 6.45) is 30.5. The Morgan fingerprint density at radius 3 is 1.68 bits per heavy atom. The fourth-order valence-electron chi connectivity index (χ4n) is 7.18. The van der Waals surface area contributed by atoms with Crippen LogP contribution in [0.3, 0.4) is 0 Å². The van der Waals surface area contributed by atoms with Crippen LogP contribution in [-0.4, -0.2) is 70.0 Å². The van der Waals surface area contributed by atoms with Gasteiger partial charge in [0.2, 0.25) is 0 Å². The highest BCUT2D eigenvalue weighted by molar-refractivity contribution is 5.70. The fourth-order valence-corrected chi connectivity index (χ4v) is 7.18. The van der Waals surface area contributed by atoms with Gasteiger partial charge in [0.1, 0.15) is 6.61 Å². The maximum absolute atomic E-state index is 12.3. The van der Waals surface area contributed by atoms with Crippen LogP contribution >= 0.6 is 0 Å². The first-order valence-electron chi connectivity index (χ1n) is 21.0. The van der Waals surface area contributed by atoms with Crippen molar-refractivity contribution in [3.8, 4) is 0 Å². The molecule has 1 saturated carbocycles. The lowest BCUT2D eigenvalue weighted by Gasteiger charge is -2.21. The van der Waals surface area contributed by atoms with Crippen molar-refractivity contribution < 1.29 is 39.5 Å². The molecule has 0 saturated heterocycles. The largest absolute Gasteiger partial charge is 0.462 e. The third kappa shape index (κ3) is 24.7. The molecule has 0 aromatic carbocycles. The van der Waals surface area contributed by atoms with Crippen molar-refractivity contribution in [3.05, 3.63) is 12.2 Å². The van der Waals surface area contributed by atoms with Crippen molar-refractivity contribution in [2.75, 3.05) is 13.2 Å². The predicted octanol–water partition coefficient (Wildman–Crippen LogP) is 9.28. The van der Waals surface area contributed by atoms with Crippen LogP contribution in [-0.2, 0) is 19.1 Å². The van der Waals surface area contributed by atoms with Gasteiger partial charge in [0.15, 0.2) is 6.10 Å². The molecule has 6 atom stereocenters. The lowest BCUT2D eigenvalue weighted by molar-refractivity contribution is -0.161. The smallest absolute Gasteiger partial charge is 0.306 e. The molecular weight excluding hydrogens is 632 g/mol. The summed E-state index contributed by atoms with van der Waals surface area (Å²) in [6, 6.07) is 0. The summed E-state index contributed by atoms with van der Waals surface area (Å²) in [5, 5.41) is 40.8. The maximum atomic E-state index is 12.3. The zero-order valence-corrected chi connectivity index (χ0v) is 32.3.